The average molecular weight is 367 g/mol. The van der Waals surface area contributed by atoms with Crippen LogP contribution in [0.3, 0.4) is 0 Å². The fourth-order valence-corrected chi connectivity index (χ4v) is 2.43. The van der Waals surface area contributed by atoms with Crippen LogP contribution in [-0.4, -0.2) is 11.9 Å². The summed E-state index contributed by atoms with van der Waals surface area (Å²) in [5, 5.41) is 14.4. The Morgan fingerprint density at radius 2 is 1.35 bits per heavy atom. The number of anilines is 1. The number of carboxylic acids is 1. The molecule has 0 aliphatic carbocycles. The number of amides is 1. The summed E-state index contributed by atoms with van der Waals surface area (Å²) in [6, 6.07) is 19.5. The maximum atomic E-state index is 12.3. The molecule has 0 aliphatic heterocycles. The van der Waals surface area contributed by atoms with Crippen LogP contribution in [0.2, 0.25) is 5.02 Å². The molecule has 0 saturated carbocycles. The van der Waals surface area contributed by atoms with Crippen molar-refractivity contribution in [2.45, 2.75) is 0 Å². The maximum Gasteiger partial charge on any atom is 0.256 e. The van der Waals surface area contributed by atoms with Gasteiger partial charge in [-0.05, 0) is 54.6 Å². The Hall–Kier alpha value is -3.31. The molecular formula is C20H13ClNO4-. The molecule has 0 aromatic heterocycles. The molecule has 0 atom stereocenters. The Morgan fingerprint density at radius 3 is 1.92 bits per heavy atom. The highest BCUT2D eigenvalue weighted by Crippen LogP contribution is 2.24. The monoisotopic (exact) mass is 366 g/mol. The minimum Gasteiger partial charge on any atom is -0.545 e. The highest BCUT2D eigenvalue weighted by Gasteiger charge is 2.11. The third-order valence-corrected chi connectivity index (χ3v) is 3.81. The maximum absolute atomic E-state index is 12.3. The summed E-state index contributed by atoms with van der Waals surface area (Å²) in [5.41, 5.74) is 0.383. The second kappa shape index (κ2) is 7.72. The smallest absolute Gasteiger partial charge is 0.256 e. The zero-order valence-corrected chi connectivity index (χ0v) is 14.2. The molecule has 1 amide bonds. The second-order valence-electron chi connectivity index (χ2n) is 5.37. The summed E-state index contributed by atoms with van der Waals surface area (Å²) >= 11 is 5.83. The standard InChI is InChI=1S/C20H14ClNO4/c21-13-5-9-15(10-6-13)26-16-11-7-14(8-12-16)22-19(23)17-3-1-2-4-18(17)20(24)25/h1-12H,(H,22,23)(H,24,25)/p-1. The van der Waals surface area contributed by atoms with E-state index in [0.29, 0.717) is 22.2 Å². The van der Waals surface area contributed by atoms with Gasteiger partial charge in [0.05, 0.1) is 5.97 Å². The number of halogens is 1. The Morgan fingerprint density at radius 1 is 0.808 bits per heavy atom. The lowest BCUT2D eigenvalue weighted by Crippen LogP contribution is -2.26. The first-order chi connectivity index (χ1) is 12.5. The van der Waals surface area contributed by atoms with Crippen molar-refractivity contribution in [1.29, 1.82) is 0 Å². The topological polar surface area (TPSA) is 78.5 Å². The van der Waals surface area contributed by atoms with Crippen molar-refractivity contribution in [3.63, 3.8) is 0 Å². The molecule has 3 aromatic rings. The average Bonchev–Trinajstić information content (AvgIpc) is 2.65. The number of hydrogen-bond acceptors (Lipinski definition) is 4. The van der Waals surface area contributed by atoms with Gasteiger partial charge in [-0.15, -0.1) is 0 Å². The van der Waals surface area contributed by atoms with Crippen LogP contribution in [0.1, 0.15) is 20.7 Å². The van der Waals surface area contributed by atoms with Gasteiger partial charge in [0, 0.05) is 21.8 Å². The molecule has 0 unspecified atom stereocenters. The molecule has 5 nitrogen and oxygen atoms in total. The van der Waals surface area contributed by atoms with Crippen LogP contribution in [-0.2, 0) is 0 Å². The van der Waals surface area contributed by atoms with Crippen LogP contribution in [0, 0.1) is 0 Å². The van der Waals surface area contributed by atoms with Crippen LogP contribution in [0.25, 0.3) is 0 Å². The third-order valence-electron chi connectivity index (χ3n) is 3.55. The van der Waals surface area contributed by atoms with Crippen molar-refractivity contribution < 1.29 is 19.4 Å². The van der Waals surface area contributed by atoms with Gasteiger partial charge in [-0.2, -0.15) is 0 Å². The summed E-state index contributed by atoms with van der Waals surface area (Å²) in [5.74, 6) is -0.715. The molecule has 3 aromatic carbocycles. The molecule has 3 rings (SSSR count). The Bertz CT molecular complexity index is 937. The van der Waals surface area contributed by atoms with Crippen molar-refractivity contribution in [2.75, 3.05) is 5.32 Å². The zero-order chi connectivity index (χ0) is 18.5. The normalized spacial score (nSPS) is 10.2. The lowest BCUT2D eigenvalue weighted by molar-refractivity contribution is -0.255. The fourth-order valence-electron chi connectivity index (χ4n) is 2.30. The van der Waals surface area contributed by atoms with Crippen LogP contribution >= 0.6 is 11.6 Å². The number of nitrogens with one attached hydrogen (secondary N) is 1. The van der Waals surface area contributed by atoms with Gasteiger partial charge in [-0.1, -0.05) is 29.8 Å². The van der Waals surface area contributed by atoms with E-state index in [0.717, 1.165) is 0 Å². The Labute approximate surface area is 154 Å². The minimum atomic E-state index is -1.40. The van der Waals surface area contributed by atoms with Crippen LogP contribution in [0.4, 0.5) is 5.69 Å². The predicted molar refractivity (Wildman–Crippen MR) is 96.7 cm³/mol. The number of rotatable bonds is 5. The molecular weight excluding hydrogens is 354 g/mol. The predicted octanol–water partition coefficient (Wildman–Crippen LogP) is 3.75. The fraction of sp³-hybridized carbons (Fsp3) is 0. The molecule has 0 radical (unpaired) electrons. The molecule has 0 heterocycles. The van der Waals surface area contributed by atoms with Crippen LogP contribution in [0.15, 0.2) is 72.8 Å². The number of carbonyl (C=O) groups is 2. The SMILES string of the molecule is O=C([O-])c1ccccc1C(=O)Nc1ccc(Oc2ccc(Cl)cc2)cc1. The first kappa shape index (κ1) is 17.5. The van der Waals surface area contributed by atoms with Crippen LogP contribution in [0.5, 0.6) is 11.5 Å². The highest BCUT2D eigenvalue weighted by molar-refractivity contribution is 6.30. The number of hydrogen-bond donors (Lipinski definition) is 1. The van der Waals surface area contributed by atoms with Gasteiger partial charge < -0.3 is 20.0 Å². The van der Waals surface area contributed by atoms with E-state index in [9.17, 15) is 14.7 Å². The summed E-state index contributed by atoms with van der Waals surface area (Å²) in [6.07, 6.45) is 0. The van der Waals surface area contributed by atoms with Crippen molar-refractivity contribution >= 4 is 29.2 Å². The molecule has 0 spiro atoms. The molecule has 130 valence electrons. The molecule has 0 bridgehead atoms. The number of ether oxygens (including phenoxy) is 1. The van der Waals surface area contributed by atoms with E-state index in [1.165, 1.54) is 18.2 Å². The second-order valence-corrected chi connectivity index (χ2v) is 5.80. The van der Waals surface area contributed by atoms with E-state index in [2.05, 4.69) is 5.32 Å². The third kappa shape index (κ3) is 4.20. The summed E-state index contributed by atoms with van der Waals surface area (Å²) in [6.45, 7) is 0. The van der Waals surface area contributed by atoms with Gasteiger partial charge in [-0.3, -0.25) is 4.79 Å². The number of carboxylic acid groups (broad SMARTS) is 1. The summed E-state index contributed by atoms with van der Waals surface area (Å²) < 4.78 is 5.67. The largest absolute Gasteiger partial charge is 0.545 e. The van der Waals surface area contributed by atoms with Crippen molar-refractivity contribution in [1.82, 2.24) is 0 Å². The highest BCUT2D eigenvalue weighted by atomic mass is 35.5. The molecule has 0 aliphatic rings. The minimum absolute atomic E-state index is 0.0361. The van der Waals surface area contributed by atoms with E-state index < -0.39 is 11.9 Å². The lowest BCUT2D eigenvalue weighted by atomic mass is 10.1. The van der Waals surface area contributed by atoms with Crippen molar-refractivity contribution in [2.24, 2.45) is 0 Å². The number of aromatic carboxylic acids is 1. The summed E-state index contributed by atoms with van der Waals surface area (Å²) in [7, 11) is 0. The number of carbonyl (C=O) groups excluding carboxylic acids is 2. The van der Waals surface area contributed by atoms with Gasteiger partial charge in [0.15, 0.2) is 0 Å². The molecule has 6 heteroatoms. The van der Waals surface area contributed by atoms with E-state index in [-0.39, 0.29) is 11.1 Å². The lowest BCUT2D eigenvalue weighted by Gasteiger charge is -2.11. The molecule has 1 N–H and O–H groups in total. The van der Waals surface area contributed by atoms with Crippen molar-refractivity contribution in [3.8, 4) is 11.5 Å². The summed E-state index contributed by atoms with van der Waals surface area (Å²) in [4.78, 5) is 23.4. The van der Waals surface area contributed by atoms with E-state index >= 15 is 0 Å². The Balaban J connectivity index is 1.70. The van der Waals surface area contributed by atoms with Gasteiger partial charge in [-0.25, -0.2) is 0 Å². The van der Waals surface area contributed by atoms with Crippen molar-refractivity contribution in [3.05, 3.63) is 88.9 Å². The zero-order valence-electron chi connectivity index (χ0n) is 13.4. The van der Waals surface area contributed by atoms with Gasteiger partial charge >= 0.3 is 0 Å². The van der Waals surface area contributed by atoms with E-state index in [1.807, 2.05) is 0 Å². The van der Waals surface area contributed by atoms with E-state index in [4.69, 9.17) is 16.3 Å². The molecule has 0 saturated heterocycles. The number of benzene rings is 3. The molecule has 0 fully saturated rings. The quantitative estimate of drug-likeness (QED) is 0.746. The Kier molecular flexibility index (Phi) is 5.20. The first-order valence-corrected chi connectivity index (χ1v) is 8.06. The van der Waals surface area contributed by atoms with Gasteiger partial charge in [0.2, 0.25) is 0 Å². The van der Waals surface area contributed by atoms with Gasteiger partial charge in [0.25, 0.3) is 5.91 Å². The van der Waals surface area contributed by atoms with Crippen LogP contribution < -0.4 is 15.2 Å². The molecule has 26 heavy (non-hydrogen) atoms. The first-order valence-electron chi connectivity index (χ1n) is 7.68. The van der Waals surface area contributed by atoms with E-state index in [1.54, 1.807) is 54.6 Å². The van der Waals surface area contributed by atoms with Gasteiger partial charge in [0.1, 0.15) is 11.5 Å².